The Hall–Kier alpha value is -6.91. The van der Waals surface area contributed by atoms with E-state index in [1.165, 1.54) is 37.3 Å². The molecule has 2 heterocycles. The highest BCUT2D eigenvalue weighted by Crippen LogP contribution is 2.39. The summed E-state index contributed by atoms with van der Waals surface area (Å²) in [7, 11) is 0. The average molecular weight is 917 g/mol. The van der Waals surface area contributed by atoms with Crippen molar-refractivity contribution < 1.29 is 105 Å². The first-order chi connectivity index (χ1) is 30.5. The summed E-state index contributed by atoms with van der Waals surface area (Å²) >= 11 is 0. The molecule has 2 aromatic carbocycles. The Kier molecular flexibility index (Phi) is 17.7. The van der Waals surface area contributed by atoms with Crippen molar-refractivity contribution >= 4 is 59.6 Å². The molecule has 352 valence electrons. The molecule has 2 saturated heterocycles. The number of phenolic OH excluding ortho intramolecular Hbond substituents is 1. The van der Waals surface area contributed by atoms with Crippen LogP contribution in [0.5, 0.6) is 23.0 Å². The summed E-state index contributed by atoms with van der Waals surface area (Å²) < 4.78 is 68.0. The lowest BCUT2D eigenvalue weighted by Crippen LogP contribution is -2.64. The third-order valence-corrected chi connectivity index (χ3v) is 8.92. The third-order valence-electron chi connectivity index (χ3n) is 8.92. The highest BCUT2D eigenvalue weighted by atomic mass is 16.8. The van der Waals surface area contributed by atoms with E-state index in [9.17, 15) is 48.3 Å². The molecule has 0 spiro atoms. The van der Waals surface area contributed by atoms with Gasteiger partial charge in [-0.2, -0.15) is 0 Å². The van der Waals surface area contributed by atoms with Crippen molar-refractivity contribution in [2.24, 2.45) is 0 Å². The fraction of sp³-hybridized carbons (Fsp3) is 0.465. The van der Waals surface area contributed by atoms with Crippen LogP contribution in [0.3, 0.4) is 0 Å². The first-order valence-electron chi connectivity index (χ1n) is 19.7. The lowest BCUT2D eigenvalue weighted by Gasteiger charge is -2.46. The lowest BCUT2D eigenvalue weighted by atomic mass is 9.97. The Morgan fingerprint density at radius 2 is 0.985 bits per heavy atom. The first kappa shape index (κ1) is 50.7. The van der Waals surface area contributed by atoms with E-state index in [0.717, 1.165) is 73.6 Å². The summed E-state index contributed by atoms with van der Waals surface area (Å²) in [5, 5.41) is 9.63. The maximum absolute atomic E-state index is 13.7. The van der Waals surface area contributed by atoms with Crippen molar-refractivity contribution in [3.8, 4) is 23.0 Å². The van der Waals surface area contributed by atoms with Gasteiger partial charge in [0.05, 0.1) is 12.7 Å². The molecule has 22 nitrogen and oxygen atoms in total. The molecule has 4 rings (SSSR count). The van der Waals surface area contributed by atoms with Gasteiger partial charge in [0.15, 0.2) is 42.6 Å². The minimum atomic E-state index is -1.87. The van der Waals surface area contributed by atoms with Crippen molar-refractivity contribution in [3.63, 3.8) is 0 Å². The molecule has 22 heteroatoms. The molecular formula is C43H48O22. The Bertz CT molecular complexity index is 2120. The number of carbonyl (C=O) groups excluding carboxylic acids is 9. The van der Waals surface area contributed by atoms with Crippen LogP contribution in [0.15, 0.2) is 42.5 Å². The predicted octanol–water partition coefficient (Wildman–Crippen LogP) is 2.59. The van der Waals surface area contributed by atoms with Crippen molar-refractivity contribution in [3.05, 3.63) is 53.6 Å². The van der Waals surface area contributed by atoms with Crippen molar-refractivity contribution in [2.45, 2.75) is 124 Å². The Balaban J connectivity index is 1.82. The molecule has 0 aromatic heterocycles. The molecule has 2 aromatic rings. The van der Waals surface area contributed by atoms with E-state index < -0.39 is 139 Å². The molecule has 0 aliphatic carbocycles. The maximum atomic E-state index is 13.7. The van der Waals surface area contributed by atoms with Crippen molar-refractivity contribution in [1.29, 1.82) is 0 Å². The summed E-state index contributed by atoms with van der Waals surface area (Å²) in [5.41, 5.74) is 0.0739. The summed E-state index contributed by atoms with van der Waals surface area (Å²) in [6.07, 6.45) is -13.2. The van der Waals surface area contributed by atoms with E-state index in [1.54, 1.807) is 0 Å². The smallest absolute Gasteiger partial charge is 0.308 e. The van der Waals surface area contributed by atoms with Crippen LogP contribution in [0.2, 0.25) is 0 Å². The number of benzene rings is 2. The molecule has 0 saturated carbocycles. The van der Waals surface area contributed by atoms with E-state index in [4.69, 9.17) is 56.8 Å². The lowest BCUT2D eigenvalue weighted by molar-refractivity contribution is -0.323. The Morgan fingerprint density at radius 1 is 0.554 bits per heavy atom. The number of esters is 8. The van der Waals surface area contributed by atoms with E-state index >= 15 is 0 Å². The predicted molar refractivity (Wildman–Crippen MR) is 213 cm³/mol. The number of carbonyl (C=O) groups is 9. The maximum Gasteiger partial charge on any atom is 0.308 e. The number of rotatable bonds is 16. The van der Waals surface area contributed by atoms with Crippen LogP contribution >= 0.6 is 0 Å². The average Bonchev–Trinajstić information content (AvgIpc) is 3.17. The summed E-state index contributed by atoms with van der Waals surface area (Å²) in [6, 6.07) is 7.87. The van der Waals surface area contributed by atoms with Gasteiger partial charge in [0, 0.05) is 67.5 Å². The zero-order valence-electron chi connectivity index (χ0n) is 36.6. The number of hydrogen-bond acceptors (Lipinski definition) is 22. The molecule has 2 aliphatic heterocycles. The molecular weight excluding hydrogens is 868 g/mol. The standard InChI is InChI=1S/C43H48O22/c1-19-36(58-22(4)46)38(60-24(6)48)40(62-26(8)50)42(55-19)54-18-34-37(59-23(5)47)39(61-25(7)49)41(63-27(9)51)43(65-34)64-30-16-32(56-20(2)44)35(33(17-30)57-21(3)45)31(53)15-12-28-10-13-29(52)14-11-28/h10-17,19,34,36-43,52H,18H2,1-9H3/b15-12+/t19-,34+,36-,37+,38+,39-,40+,41+,42+,43+/m0/s1. The molecule has 65 heavy (non-hydrogen) atoms. The number of ether oxygens (including phenoxy) is 12. The summed E-state index contributed by atoms with van der Waals surface area (Å²) in [4.78, 5) is 113. The number of hydrogen-bond donors (Lipinski definition) is 1. The largest absolute Gasteiger partial charge is 0.508 e. The second kappa shape index (κ2) is 22.6. The number of allylic oxidation sites excluding steroid dienone is 1. The van der Waals surface area contributed by atoms with Gasteiger partial charge in [0.25, 0.3) is 0 Å². The topological polar surface area (TPSA) is 285 Å². The van der Waals surface area contributed by atoms with Crippen LogP contribution < -0.4 is 14.2 Å². The SMILES string of the molecule is CC(=O)Oc1cc(O[C@@H]2O[C@H](CO[C@@H]3O[C@@H](C)[C@H](OC(C)=O)[C@@H](OC(C)=O)[C@H]3OC(C)=O)[C@@H](OC(C)=O)[C@H](OC(C)=O)[C@H]2OC(C)=O)cc(OC(C)=O)c1C(=O)/C=C/c1ccc(O)cc1. The van der Waals surface area contributed by atoms with Gasteiger partial charge in [-0.3, -0.25) is 43.2 Å². The van der Waals surface area contributed by atoms with Gasteiger partial charge in [-0.25, -0.2) is 0 Å². The van der Waals surface area contributed by atoms with Crippen LogP contribution in [0, 0.1) is 0 Å². The number of ketones is 1. The highest BCUT2D eigenvalue weighted by Gasteiger charge is 2.55. The van der Waals surface area contributed by atoms with Crippen LogP contribution in [-0.4, -0.2) is 127 Å². The van der Waals surface area contributed by atoms with Gasteiger partial charge >= 0.3 is 47.8 Å². The molecule has 0 radical (unpaired) electrons. The van der Waals surface area contributed by atoms with E-state index in [2.05, 4.69) is 0 Å². The summed E-state index contributed by atoms with van der Waals surface area (Å²) in [5.74, 6) is -9.36. The molecule has 1 N–H and O–H groups in total. The van der Waals surface area contributed by atoms with Gasteiger partial charge in [-0.1, -0.05) is 18.2 Å². The van der Waals surface area contributed by atoms with Gasteiger partial charge in [0.2, 0.25) is 12.4 Å². The number of aromatic hydroxyl groups is 1. The normalized spacial score (nSPS) is 24.9. The minimum Gasteiger partial charge on any atom is -0.508 e. The second-order valence-corrected chi connectivity index (χ2v) is 14.4. The zero-order valence-corrected chi connectivity index (χ0v) is 36.6. The Morgan fingerprint density at radius 3 is 1.46 bits per heavy atom. The highest BCUT2D eigenvalue weighted by molar-refractivity contribution is 6.11. The van der Waals surface area contributed by atoms with E-state index in [1.807, 2.05) is 0 Å². The quantitative estimate of drug-likeness (QED) is 0.0832. The van der Waals surface area contributed by atoms with Gasteiger partial charge in [0.1, 0.15) is 34.7 Å². The van der Waals surface area contributed by atoms with E-state index in [-0.39, 0.29) is 11.5 Å². The molecule has 2 fully saturated rings. The summed E-state index contributed by atoms with van der Waals surface area (Å²) in [6.45, 7) is 9.02. The van der Waals surface area contributed by atoms with Crippen LogP contribution in [0.1, 0.15) is 78.2 Å². The first-order valence-corrected chi connectivity index (χ1v) is 19.7. The number of phenols is 1. The van der Waals surface area contributed by atoms with Crippen LogP contribution in [0.25, 0.3) is 6.08 Å². The third kappa shape index (κ3) is 14.6. The van der Waals surface area contributed by atoms with Crippen LogP contribution in [-0.2, 0) is 81.0 Å². The molecule has 0 bridgehead atoms. The monoisotopic (exact) mass is 916 g/mol. The van der Waals surface area contributed by atoms with Crippen molar-refractivity contribution in [1.82, 2.24) is 0 Å². The van der Waals surface area contributed by atoms with Gasteiger partial charge in [-0.15, -0.1) is 0 Å². The van der Waals surface area contributed by atoms with Gasteiger partial charge < -0.3 is 61.9 Å². The van der Waals surface area contributed by atoms with Crippen LogP contribution in [0.4, 0.5) is 0 Å². The molecule has 2 aliphatic rings. The van der Waals surface area contributed by atoms with E-state index in [0.29, 0.717) is 5.56 Å². The fourth-order valence-electron chi connectivity index (χ4n) is 6.70. The van der Waals surface area contributed by atoms with Gasteiger partial charge in [-0.05, 0) is 30.7 Å². The fourth-order valence-corrected chi connectivity index (χ4v) is 6.70. The molecule has 0 amide bonds. The minimum absolute atomic E-state index is 0.0259. The second-order valence-electron chi connectivity index (χ2n) is 14.4. The van der Waals surface area contributed by atoms with Crippen molar-refractivity contribution in [2.75, 3.05) is 6.61 Å². The molecule has 0 unspecified atom stereocenters. The Labute approximate surface area is 371 Å². The zero-order chi connectivity index (χ0) is 48.3. The molecule has 10 atom stereocenters.